The van der Waals surface area contributed by atoms with Crippen molar-refractivity contribution in [2.75, 3.05) is 6.54 Å². The molecule has 0 saturated carbocycles. The molecule has 1 rings (SSSR count). The Labute approximate surface area is 158 Å². The first-order valence-corrected chi connectivity index (χ1v) is 9.03. The number of carboxylic acid groups (broad SMARTS) is 1. The number of carbonyl (C=O) groups is 1. The summed E-state index contributed by atoms with van der Waals surface area (Å²) in [7, 11) is -1.36. The van der Waals surface area contributed by atoms with Gasteiger partial charge in [0.15, 0.2) is 0 Å². The van der Waals surface area contributed by atoms with E-state index < -0.39 is 18.6 Å². The summed E-state index contributed by atoms with van der Waals surface area (Å²) in [5, 5.41) is 31.2. The van der Waals surface area contributed by atoms with E-state index in [1.807, 2.05) is 6.07 Å². The molecule has 0 bridgehead atoms. The van der Waals surface area contributed by atoms with Crippen LogP contribution in [0.4, 0.5) is 0 Å². The van der Waals surface area contributed by atoms with E-state index in [0.717, 1.165) is 5.56 Å². The van der Waals surface area contributed by atoms with Crippen molar-refractivity contribution in [3.05, 3.63) is 33.8 Å². The van der Waals surface area contributed by atoms with Crippen LogP contribution in [0.25, 0.3) is 0 Å². The number of aliphatic carboxylic acids is 1. The molecule has 1 aromatic carbocycles. The Kier molecular flexibility index (Phi) is 9.78. The van der Waals surface area contributed by atoms with E-state index in [4.69, 9.17) is 39.0 Å². The van der Waals surface area contributed by atoms with Gasteiger partial charge in [0.25, 0.3) is 0 Å². The molecule has 1 atom stereocenters. The van der Waals surface area contributed by atoms with E-state index in [2.05, 4.69) is 5.32 Å². The SMILES string of the molecule is NC(CCCCB(O)O)(CCCNCc1ccc(Cl)c(Cl)c1)C(=O)O. The maximum absolute atomic E-state index is 11.4. The van der Waals surface area contributed by atoms with Crippen LogP contribution in [0.5, 0.6) is 0 Å². The minimum absolute atomic E-state index is 0.223. The Morgan fingerprint density at radius 1 is 1.16 bits per heavy atom. The largest absolute Gasteiger partial charge is 0.480 e. The van der Waals surface area contributed by atoms with E-state index in [1.165, 1.54) is 0 Å². The van der Waals surface area contributed by atoms with Crippen LogP contribution in [0.3, 0.4) is 0 Å². The van der Waals surface area contributed by atoms with Crippen molar-refractivity contribution in [1.29, 1.82) is 0 Å². The summed E-state index contributed by atoms with van der Waals surface area (Å²) in [5.41, 5.74) is 5.71. The number of nitrogens with one attached hydrogen (secondary N) is 1. The molecular weight excluding hydrogens is 366 g/mol. The molecule has 25 heavy (non-hydrogen) atoms. The summed E-state index contributed by atoms with van der Waals surface area (Å²) < 4.78 is 0. The van der Waals surface area contributed by atoms with Crippen LogP contribution in [0.1, 0.15) is 37.7 Å². The van der Waals surface area contributed by atoms with E-state index in [-0.39, 0.29) is 6.32 Å². The van der Waals surface area contributed by atoms with Gasteiger partial charge in [-0.3, -0.25) is 4.79 Å². The molecule has 0 amide bonds. The standard InChI is InChI=1S/C16H25BCl2N2O4/c18-13-5-4-12(10-14(13)19)11-21-9-3-7-16(20,15(22)23)6-1-2-8-17(24)25/h4-5,10,21,24-25H,1-3,6-9,11,20H2,(H,22,23). The molecule has 0 aliphatic carbocycles. The highest BCUT2D eigenvalue weighted by Gasteiger charge is 2.32. The van der Waals surface area contributed by atoms with Crippen molar-refractivity contribution in [3.63, 3.8) is 0 Å². The maximum atomic E-state index is 11.4. The second-order valence-electron chi connectivity index (χ2n) is 6.22. The van der Waals surface area contributed by atoms with Crippen LogP contribution < -0.4 is 11.1 Å². The van der Waals surface area contributed by atoms with Crippen LogP contribution in [0.2, 0.25) is 16.4 Å². The number of rotatable bonds is 12. The predicted molar refractivity (Wildman–Crippen MR) is 101 cm³/mol. The van der Waals surface area contributed by atoms with Gasteiger partial charge in [-0.1, -0.05) is 42.1 Å². The fourth-order valence-corrected chi connectivity index (χ4v) is 2.84. The van der Waals surface area contributed by atoms with Crippen LogP contribution >= 0.6 is 23.2 Å². The van der Waals surface area contributed by atoms with Gasteiger partial charge in [-0.2, -0.15) is 0 Å². The van der Waals surface area contributed by atoms with Crippen molar-refractivity contribution in [1.82, 2.24) is 5.32 Å². The highest BCUT2D eigenvalue weighted by Crippen LogP contribution is 2.22. The second kappa shape index (κ2) is 11.0. The van der Waals surface area contributed by atoms with Gasteiger partial charge in [-0.15, -0.1) is 0 Å². The maximum Gasteiger partial charge on any atom is 0.451 e. The summed E-state index contributed by atoms with van der Waals surface area (Å²) in [6, 6.07) is 5.40. The van der Waals surface area contributed by atoms with Crippen molar-refractivity contribution in [2.45, 2.75) is 50.5 Å². The molecule has 1 unspecified atom stereocenters. The van der Waals surface area contributed by atoms with Gasteiger partial charge in [0.1, 0.15) is 5.54 Å². The van der Waals surface area contributed by atoms with Gasteiger partial charge in [0.2, 0.25) is 0 Å². The molecule has 0 radical (unpaired) electrons. The average Bonchev–Trinajstić information content (AvgIpc) is 2.54. The first-order valence-electron chi connectivity index (χ1n) is 8.27. The van der Waals surface area contributed by atoms with Crippen molar-refractivity contribution < 1.29 is 19.9 Å². The molecule has 0 saturated heterocycles. The third-order valence-corrected chi connectivity index (χ3v) is 4.79. The van der Waals surface area contributed by atoms with E-state index in [9.17, 15) is 9.90 Å². The molecule has 0 aliphatic rings. The molecule has 140 valence electrons. The lowest BCUT2D eigenvalue weighted by Gasteiger charge is -2.24. The van der Waals surface area contributed by atoms with E-state index >= 15 is 0 Å². The van der Waals surface area contributed by atoms with Gasteiger partial charge in [0, 0.05) is 6.54 Å². The number of benzene rings is 1. The summed E-state index contributed by atoms with van der Waals surface area (Å²) in [4.78, 5) is 11.4. The number of hydrogen-bond acceptors (Lipinski definition) is 5. The molecule has 0 heterocycles. The fraction of sp³-hybridized carbons (Fsp3) is 0.562. The summed E-state index contributed by atoms with van der Waals surface area (Å²) in [5.74, 6) is -1.03. The molecule has 0 aromatic heterocycles. The molecule has 9 heteroatoms. The first kappa shape index (κ1) is 22.2. The van der Waals surface area contributed by atoms with E-state index in [1.54, 1.807) is 12.1 Å². The molecule has 0 aliphatic heterocycles. The first-order chi connectivity index (χ1) is 11.7. The van der Waals surface area contributed by atoms with Crippen molar-refractivity contribution >= 4 is 36.3 Å². The Bertz CT molecular complexity index is 563. The lowest BCUT2D eigenvalue weighted by Crippen LogP contribution is -2.48. The summed E-state index contributed by atoms with van der Waals surface area (Å²) >= 11 is 11.8. The third-order valence-electron chi connectivity index (χ3n) is 4.05. The second-order valence-corrected chi connectivity index (χ2v) is 7.03. The summed E-state index contributed by atoms with van der Waals surface area (Å²) in [6.07, 6.45) is 2.56. The smallest absolute Gasteiger partial charge is 0.451 e. The normalized spacial score (nSPS) is 13.5. The average molecular weight is 391 g/mol. The van der Waals surface area contributed by atoms with Gasteiger partial charge in [0.05, 0.1) is 10.0 Å². The molecule has 0 fully saturated rings. The number of hydrogen-bond donors (Lipinski definition) is 5. The highest BCUT2D eigenvalue weighted by molar-refractivity contribution is 6.42. The van der Waals surface area contributed by atoms with Crippen molar-refractivity contribution in [2.24, 2.45) is 5.73 Å². The van der Waals surface area contributed by atoms with Crippen molar-refractivity contribution in [3.8, 4) is 0 Å². The topological polar surface area (TPSA) is 116 Å². The van der Waals surface area contributed by atoms with Gasteiger partial charge in [-0.25, -0.2) is 0 Å². The predicted octanol–water partition coefficient (Wildman–Crippen LogP) is 2.29. The molecule has 1 aromatic rings. The Morgan fingerprint density at radius 2 is 1.84 bits per heavy atom. The zero-order valence-corrected chi connectivity index (χ0v) is 15.6. The molecular formula is C16H25BCl2N2O4. The minimum Gasteiger partial charge on any atom is -0.480 e. The van der Waals surface area contributed by atoms with Gasteiger partial charge < -0.3 is 26.2 Å². The minimum atomic E-state index is -1.36. The zero-order chi connectivity index (χ0) is 18.9. The molecule has 6 nitrogen and oxygen atoms in total. The summed E-state index contributed by atoms with van der Waals surface area (Å²) in [6.45, 7) is 1.23. The van der Waals surface area contributed by atoms with Crippen LogP contribution in [0, 0.1) is 0 Å². The third kappa shape index (κ3) is 8.40. The highest BCUT2D eigenvalue weighted by atomic mass is 35.5. The lowest BCUT2D eigenvalue weighted by atomic mass is 9.81. The van der Waals surface area contributed by atoms with Gasteiger partial charge >= 0.3 is 13.1 Å². The number of halogens is 2. The Morgan fingerprint density at radius 3 is 2.44 bits per heavy atom. The van der Waals surface area contributed by atoms with E-state index in [0.29, 0.717) is 55.2 Å². The van der Waals surface area contributed by atoms with Crippen LogP contribution in [0.15, 0.2) is 18.2 Å². The monoisotopic (exact) mass is 390 g/mol. The molecule has 0 spiro atoms. The van der Waals surface area contributed by atoms with Crippen LogP contribution in [-0.2, 0) is 11.3 Å². The fourth-order valence-electron chi connectivity index (χ4n) is 2.52. The lowest BCUT2D eigenvalue weighted by molar-refractivity contribution is -0.144. The number of carboxylic acids is 1. The number of nitrogens with two attached hydrogens (primary N) is 1. The Hall–Kier alpha value is -0.825. The van der Waals surface area contributed by atoms with Crippen LogP contribution in [-0.4, -0.2) is 40.3 Å². The molecule has 6 N–H and O–H groups in total. The number of unbranched alkanes of at least 4 members (excludes halogenated alkanes) is 1. The zero-order valence-electron chi connectivity index (χ0n) is 14.0. The Balaban J connectivity index is 2.32. The van der Waals surface area contributed by atoms with Gasteiger partial charge in [-0.05, 0) is 49.8 Å². The quantitative estimate of drug-likeness (QED) is 0.276.